The van der Waals surface area contributed by atoms with Gasteiger partial charge in [-0.15, -0.1) is 0 Å². The highest BCUT2D eigenvalue weighted by Crippen LogP contribution is 2.35. The van der Waals surface area contributed by atoms with E-state index in [4.69, 9.17) is 0 Å². The van der Waals surface area contributed by atoms with Gasteiger partial charge in [0.25, 0.3) is 11.8 Å². The van der Waals surface area contributed by atoms with E-state index in [0.29, 0.717) is 16.8 Å². The van der Waals surface area contributed by atoms with Crippen LogP contribution in [0.2, 0.25) is 0 Å². The minimum atomic E-state index is -0.946. The molecule has 7 heteroatoms. The Balaban J connectivity index is 2.03. The van der Waals surface area contributed by atoms with Crippen LogP contribution in [0.5, 0.6) is 0 Å². The molecule has 0 aliphatic carbocycles. The lowest BCUT2D eigenvalue weighted by atomic mass is 10.0. The van der Waals surface area contributed by atoms with Crippen molar-refractivity contribution < 1.29 is 19.2 Å². The van der Waals surface area contributed by atoms with Crippen LogP contribution in [-0.4, -0.2) is 47.2 Å². The van der Waals surface area contributed by atoms with Gasteiger partial charge in [0.1, 0.15) is 6.04 Å². The number of rotatable bonds is 2. The fourth-order valence-corrected chi connectivity index (χ4v) is 3.14. The third kappa shape index (κ3) is 2.69. The van der Waals surface area contributed by atoms with Gasteiger partial charge >= 0.3 is 0 Å². The number of hydrogen-bond acceptors (Lipinski definition) is 5. The van der Waals surface area contributed by atoms with Gasteiger partial charge in [0, 0.05) is 19.0 Å². The average Bonchev–Trinajstić information content (AvgIpc) is 2.78. The molecule has 1 aromatic rings. The minimum Gasteiger partial charge on any atom is -0.369 e. The van der Waals surface area contributed by atoms with E-state index >= 15 is 0 Å². The summed E-state index contributed by atoms with van der Waals surface area (Å²) in [6, 6.07) is 4.18. The molecule has 132 valence electrons. The van der Waals surface area contributed by atoms with E-state index in [-0.39, 0.29) is 24.3 Å². The van der Waals surface area contributed by atoms with Crippen LogP contribution in [0.15, 0.2) is 18.2 Å². The first-order chi connectivity index (χ1) is 11.6. The van der Waals surface area contributed by atoms with Crippen molar-refractivity contribution in [2.75, 3.05) is 11.9 Å². The van der Waals surface area contributed by atoms with Gasteiger partial charge in [-0.3, -0.25) is 29.4 Å². The van der Waals surface area contributed by atoms with E-state index in [2.05, 4.69) is 5.32 Å². The Morgan fingerprint density at radius 3 is 2.40 bits per heavy atom. The summed E-state index contributed by atoms with van der Waals surface area (Å²) in [7, 11) is 1.86. The van der Waals surface area contributed by atoms with E-state index in [0.717, 1.165) is 4.90 Å². The summed E-state index contributed by atoms with van der Waals surface area (Å²) in [5.74, 6) is -1.96. The molecule has 1 atom stereocenters. The topological polar surface area (TPSA) is 86.8 Å². The molecule has 0 bridgehead atoms. The molecule has 3 rings (SSSR count). The van der Waals surface area contributed by atoms with Crippen LogP contribution >= 0.6 is 0 Å². The molecule has 0 aromatic heterocycles. The van der Waals surface area contributed by atoms with Gasteiger partial charge in [-0.2, -0.15) is 0 Å². The van der Waals surface area contributed by atoms with Crippen molar-refractivity contribution in [3.05, 3.63) is 29.3 Å². The summed E-state index contributed by atoms with van der Waals surface area (Å²) in [5, 5.41) is 2.20. The van der Waals surface area contributed by atoms with Gasteiger partial charge in [0.05, 0.1) is 16.8 Å². The van der Waals surface area contributed by atoms with Crippen LogP contribution in [-0.2, 0) is 9.59 Å². The van der Waals surface area contributed by atoms with Crippen LogP contribution in [0.25, 0.3) is 0 Å². The molecule has 1 unspecified atom stereocenters. The normalized spacial score (nSPS) is 20.6. The van der Waals surface area contributed by atoms with Crippen LogP contribution in [0, 0.1) is 0 Å². The van der Waals surface area contributed by atoms with Crippen LogP contribution < -0.4 is 10.2 Å². The Hall–Kier alpha value is -2.70. The predicted molar refractivity (Wildman–Crippen MR) is 91.3 cm³/mol. The van der Waals surface area contributed by atoms with Gasteiger partial charge in [-0.1, -0.05) is 6.07 Å². The number of carbonyl (C=O) groups is 4. The Labute approximate surface area is 146 Å². The highest BCUT2D eigenvalue weighted by Gasteiger charge is 2.46. The lowest BCUT2D eigenvalue weighted by Gasteiger charge is -2.35. The van der Waals surface area contributed by atoms with Gasteiger partial charge < -0.3 is 4.90 Å². The minimum absolute atomic E-state index is 0.110. The Bertz CT molecular complexity index is 794. The zero-order chi connectivity index (χ0) is 18.5. The number of carbonyl (C=O) groups excluding carboxylic acids is 4. The van der Waals surface area contributed by atoms with E-state index in [1.54, 1.807) is 18.2 Å². The second-order valence-corrected chi connectivity index (χ2v) is 7.38. The molecular formula is C18H21N3O4. The van der Waals surface area contributed by atoms with Gasteiger partial charge in [-0.25, -0.2) is 0 Å². The summed E-state index contributed by atoms with van der Waals surface area (Å²) >= 11 is 0. The molecule has 2 aliphatic heterocycles. The molecule has 2 aliphatic rings. The van der Waals surface area contributed by atoms with E-state index in [1.807, 2.05) is 32.7 Å². The Morgan fingerprint density at radius 2 is 1.80 bits per heavy atom. The number of hydrogen-bond donors (Lipinski definition) is 1. The number of nitrogens with one attached hydrogen (secondary N) is 1. The van der Waals surface area contributed by atoms with Crippen molar-refractivity contribution in [2.45, 2.75) is 45.2 Å². The molecule has 1 fully saturated rings. The number of piperidine rings is 1. The van der Waals surface area contributed by atoms with Crippen molar-refractivity contribution >= 4 is 29.3 Å². The molecule has 4 amide bonds. The molecular weight excluding hydrogens is 322 g/mol. The molecule has 2 heterocycles. The summed E-state index contributed by atoms with van der Waals surface area (Å²) in [4.78, 5) is 52.2. The third-order valence-electron chi connectivity index (χ3n) is 4.81. The quantitative estimate of drug-likeness (QED) is 0.819. The van der Waals surface area contributed by atoms with Crippen molar-refractivity contribution in [1.82, 2.24) is 10.2 Å². The second kappa shape index (κ2) is 5.68. The highest BCUT2D eigenvalue weighted by molar-refractivity contribution is 6.25. The van der Waals surface area contributed by atoms with E-state index in [9.17, 15) is 19.2 Å². The maximum absolute atomic E-state index is 13.0. The number of benzene rings is 1. The summed E-state index contributed by atoms with van der Waals surface area (Å²) < 4.78 is 0. The number of nitrogens with zero attached hydrogens (tertiary/aromatic N) is 2. The molecule has 1 aromatic carbocycles. The average molecular weight is 343 g/mol. The lowest BCUT2D eigenvalue weighted by molar-refractivity contribution is -0.136. The zero-order valence-corrected chi connectivity index (χ0v) is 14.8. The zero-order valence-electron chi connectivity index (χ0n) is 14.8. The molecule has 0 radical (unpaired) electrons. The molecule has 0 spiro atoms. The summed E-state index contributed by atoms with van der Waals surface area (Å²) in [6.45, 7) is 6.02. The number of anilines is 1. The molecule has 7 nitrogen and oxygen atoms in total. The van der Waals surface area contributed by atoms with Gasteiger partial charge in [-0.05, 0) is 39.3 Å². The van der Waals surface area contributed by atoms with Crippen molar-refractivity contribution in [1.29, 1.82) is 0 Å². The summed E-state index contributed by atoms with van der Waals surface area (Å²) in [6.07, 6.45) is 0.263. The molecule has 0 saturated carbocycles. The van der Waals surface area contributed by atoms with Crippen LogP contribution in [0.3, 0.4) is 0 Å². The number of amides is 4. The predicted octanol–water partition coefficient (Wildman–Crippen LogP) is 1.32. The van der Waals surface area contributed by atoms with E-state index in [1.165, 1.54) is 0 Å². The molecule has 1 saturated heterocycles. The monoisotopic (exact) mass is 343 g/mol. The van der Waals surface area contributed by atoms with Gasteiger partial charge in [0.2, 0.25) is 11.8 Å². The first-order valence-corrected chi connectivity index (χ1v) is 8.21. The second-order valence-electron chi connectivity index (χ2n) is 7.38. The number of fused-ring (bicyclic) bond motifs is 1. The molecule has 25 heavy (non-hydrogen) atoms. The van der Waals surface area contributed by atoms with E-state index < -0.39 is 23.8 Å². The lowest BCUT2D eigenvalue weighted by Crippen LogP contribution is -2.54. The first kappa shape index (κ1) is 17.1. The van der Waals surface area contributed by atoms with Crippen molar-refractivity contribution in [3.63, 3.8) is 0 Å². The van der Waals surface area contributed by atoms with Crippen molar-refractivity contribution in [2.24, 2.45) is 0 Å². The first-order valence-electron chi connectivity index (χ1n) is 8.21. The smallest absolute Gasteiger partial charge is 0.264 e. The standard InChI is InChI=1S/C18H21N3O4/c1-18(2,3)20(4)11-7-5-6-10-14(11)17(25)21(16(10)24)12-8-9-13(22)19-15(12)23/h5-7,12H,8-9H2,1-4H3,(H,19,22,23). The largest absolute Gasteiger partial charge is 0.369 e. The third-order valence-corrected chi connectivity index (χ3v) is 4.81. The van der Waals surface area contributed by atoms with Crippen molar-refractivity contribution in [3.8, 4) is 0 Å². The van der Waals surface area contributed by atoms with Crippen LogP contribution in [0.1, 0.15) is 54.3 Å². The number of imide groups is 2. The van der Waals surface area contributed by atoms with Gasteiger partial charge in [0.15, 0.2) is 0 Å². The Morgan fingerprint density at radius 1 is 1.12 bits per heavy atom. The summed E-state index contributed by atoms with van der Waals surface area (Å²) in [5.41, 5.74) is 1.01. The Kier molecular flexibility index (Phi) is 3.89. The fraction of sp³-hybridized carbons (Fsp3) is 0.444. The highest BCUT2D eigenvalue weighted by atomic mass is 16.2. The van der Waals surface area contributed by atoms with Crippen LogP contribution in [0.4, 0.5) is 5.69 Å². The SMILES string of the molecule is CN(c1cccc2c1C(=O)N(C1CCC(=O)NC1=O)C2=O)C(C)(C)C. The molecule has 1 N–H and O–H groups in total. The maximum Gasteiger partial charge on any atom is 0.264 e. The fourth-order valence-electron chi connectivity index (χ4n) is 3.14. The maximum atomic E-state index is 13.0.